The molecule has 3 aromatic rings. The second-order valence-electron chi connectivity index (χ2n) is 7.72. The summed E-state index contributed by atoms with van der Waals surface area (Å²) in [7, 11) is 0. The molecule has 2 aliphatic heterocycles. The quantitative estimate of drug-likeness (QED) is 0.508. The van der Waals surface area contributed by atoms with Crippen LogP contribution in [0.15, 0.2) is 36.4 Å². The van der Waals surface area contributed by atoms with Crippen molar-refractivity contribution in [2.75, 3.05) is 0 Å². The lowest BCUT2D eigenvalue weighted by Crippen LogP contribution is -1.78. The van der Waals surface area contributed by atoms with Crippen molar-refractivity contribution in [3.05, 3.63) is 70.3 Å². The van der Waals surface area contributed by atoms with Crippen molar-refractivity contribution >= 4 is 45.4 Å². The van der Waals surface area contributed by atoms with E-state index < -0.39 is 0 Å². The van der Waals surface area contributed by atoms with E-state index in [2.05, 4.69) is 86.2 Å². The lowest BCUT2D eigenvalue weighted by Gasteiger charge is -1.89. The SMILES string of the molecule is CC1=Cc2cc3[nH]c(cc4nc(cc5[nH]c(cc1n2)cc5C)C=C4C)cc3C. The van der Waals surface area contributed by atoms with Crippen LogP contribution in [0.4, 0.5) is 0 Å². The summed E-state index contributed by atoms with van der Waals surface area (Å²) in [6, 6.07) is 12.8. The molecule has 5 heterocycles. The summed E-state index contributed by atoms with van der Waals surface area (Å²) in [5.41, 5.74) is 12.9. The third-order valence-electron chi connectivity index (χ3n) is 5.36. The minimum absolute atomic E-state index is 0.965. The van der Waals surface area contributed by atoms with Gasteiger partial charge in [-0.2, -0.15) is 0 Å². The zero-order valence-corrected chi connectivity index (χ0v) is 16.5. The smallest absolute Gasteiger partial charge is 0.0687 e. The van der Waals surface area contributed by atoms with Crippen molar-refractivity contribution in [2.45, 2.75) is 27.7 Å². The molecule has 0 spiro atoms. The molecule has 3 aromatic heterocycles. The summed E-state index contributed by atoms with van der Waals surface area (Å²) in [4.78, 5) is 16.6. The van der Waals surface area contributed by atoms with Gasteiger partial charge in [0, 0.05) is 22.1 Å². The van der Waals surface area contributed by atoms with E-state index in [1.807, 2.05) is 0 Å². The number of aromatic nitrogens is 4. The number of allylic oxidation sites excluding steroid dienone is 2. The van der Waals surface area contributed by atoms with Crippen molar-refractivity contribution < 1.29 is 0 Å². The molecule has 4 heteroatoms. The molecule has 8 bridgehead atoms. The van der Waals surface area contributed by atoms with Crippen LogP contribution in [0.25, 0.3) is 45.4 Å². The fraction of sp³-hybridized carbons (Fsp3) is 0.167. The van der Waals surface area contributed by atoms with Crippen LogP contribution in [0.2, 0.25) is 0 Å². The van der Waals surface area contributed by atoms with E-state index in [9.17, 15) is 0 Å². The Labute approximate surface area is 163 Å². The van der Waals surface area contributed by atoms with Crippen molar-refractivity contribution in [1.82, 2.24) is 19.9 Å². The van der Waals surface area contributed by atoms with Crippen LogP contribution in [0.1, 0.15) is 47.8 Å². The van der Waals surface area contributed by atoms with E-state index in [0.29, 0.717) is 0 Å². The van der Waals surface area contributed by atoms with Crippen LogP contribution < -0.4 is 0 Å². The number of H-pyrrole nitrogens is 2. The van der Waals surface area contributed by atoms with Gasteiger partial charge in [-0.1, -0.05) is 0 Å². The van der Waals surface area contributed by atoms with Gasteiger partial charge in [0.15, 0.2) is 0 Å². The lowest BCUT2D eigenvalue weighted by molar-refractivity contribution is 1.30. The summed E-state index contributed by atoms with van der Waals surface area (Å²) >= 11 is 0. The Bertz CT molecular complexity index is 1240. The number of rotatable bonds is 0. The summed E-state index contributed by atoms with van der Waals surface area (Å²) < 4.78 is 0. The van der Waals surface area contributed by atoms with E-state index >= 15 is 0 Å². The third kappa shape index (κ3) is 2.87. The standard InChI is InChI=1S/C24H22N4/c1-13-5-17-10-22-15(3)7-19(27-22)12-24-16(4)8-20(28-24)11-23-14(2)6-18(26-23)9-21(13)25-17/h5-12,25,28H,1-4H3. The van der Waals surface area contributed by atoms with Gasteiger partial charge >= 0.3 is 0 Å². The van der Waals surface area contributed by atoms with Gasteiger partial charge in [-0.05, 0) is 98.5 Å². The van der Waals surface area contributed by atoms with Gasteiger partial charge in [0.25, 0.3) is 0 Å². The first-order valence-electron chi connectivity index (χ1n) is 9.51. The second-order valence-corrected chi connectivity index (χ2v) is 7.72. The number of fused-ring (bicyclic) bond motifs is 8. The predicted octanol–water partition coefficient (Wildman–Crippen LogP) is 6.05. The summed E-state index contributed by atoms with van der Waals surface area (Å²) in [5.74, 6) is 0. The number of aryl methyl sites for hydroxylation is 2. The van der Waals surface area contributed by atoms with Crippen molar-refractivity contribution in [3.63, 3.8) is 0 Å². The summed E-state index contributed by atoms with van der Waals surface area (Å²) in [5, 5.41) is 0. The molecule has 0 aromatic carbocycles. The first-order valence-corrected chi connectivity index (χ1v) is 9.51. The maximum atomic E-state index is 4.82. The Hall–Kier alpha value is -3.40. The molecule has 5 rings (SSSR count). The monoisotopic (exact) mass is 366 g/mol. The largest absolute Gasteiger partial charge is 0.355 e. The van der Waals surface area contributed by atoms with E-state index in [4.69, 9.17) is 9.97 Å². The van der Waals surface area contributed by atoms with Crippen LogP contribution in [0, 0.1) is 13.8 Å². The maximum Gasteiger partial charge on any atom is 0.0687 e. The van der Waals surface area contributed by atoms with Crippen LogP contribution in [0.5, 0.6) is 0 Å². The Kier molecular flexibility index (Phi) is 3.63. The van der Waals surface area contributed by atoms with Gasteiger partial charge in [-0.25, -0.2) is 9.97 Å². The fourth-order valence-corrected chi connectivity index (χ4v) is 3.80. The molecule has 0 fully saturated rings. The van der Waals surface area contributed by atoms with E-state index in [-0.39, 0.29) is 0 Å². The van der Waals surface area contributed by atoms with Crippen LogP contribution >= 0.6 is 0 Å². The topological polar surface area (TPSA) is 57.4 Å². The van der Waals surface area contributed by atoms with Gasteiger partial charge in [-0.15, -0.1) is 0 Å². The molecule has 4 nitrogen and oxygen atoms in total. The average Bonchev–Trinajstić information content (AvgIpc) is 3.33. The maximum absolute atomic E-state index is 4.82. The Morgan fingerprint density at radius 1 is 0.571 bits per heavy atom. The first kappa shape index (κ1) is 16.8. The molecule has 0 aliphatic carbocycles. The molecule has 0 saturated heterocycles. The zero-order chi connectivity index (χ0) is 19.4. The molecule has 138 valence electrons. The molecule has 0 amide bonds. The highest BCUT2D eigenvalue weighted by Crippen LogP contribution is 2.25. The normalized spacial score (nSPS) is 13.4. The van der Waals surface area contributed by atoms with Gasteiger partial charge < -0.3 is 9.97 Å². The van der Waals surface area contributed by atoms with Crippen molar-refractivity contribution in [1.29, 1.82) is 0 Å². The molecule has 2 N–H and O–H groups in total. The van der Waals surface area contributed by atoms with Crippen molar-refractivity contribution in [2.24, 2.45) is 0 Å². The Morgan fingerprint density at radius 2 is 1.00 bits per heavy atom. The minimum Gasteiger partial charge on any atom is -0.355 e. The highest BCUT2D eigenvalue weighted by Gasteiger charge is 2.09. The molecule has 28 heavy (non-hydrogen) atoms. The van der Waals surface area contributed by atoms with Crippen LogP contribution in [0.3, 0.4) is 0 Å². The molecule has 0 unspecified atom stereocenters. The number of hydrogen-bond acceptors (Lipinski definition) is 2. The van der Waals surface area contributed by atoms with E-state index in [1.165, 1.54) is 22.3 Å². The number of aromatic amines is 2. The fourth-order valence-electron chi connectivity index (χ4n) is 3.80. The average molecular weight is 366 g/mol. The van der Waals surface area contributed by atoms with E-state index in [1.54, 1.807) is 0 Å². The third-order valence-corrected chi connectivity index (χ3v) is 5.36. The molecule has 2 aliphatic rings. The molecular weight excluding hydrogens is 344 g/mol. The highest BCUT2D eigenvalue weighted by molar-refractivity contribution is 5.86. The number of nitrogens with one attached hydrogen (secondary N) is 2. The van der Waals surface area contributed by atoms with Gasteiger partial charge in [0.2, 0.25) is 0 Å². The molecule has 0 atom stereocenters. The summed E-state index contributed by atoms with van der Waals surface area (Å²) in [6.45, 7) is 8.44. The van der Waals surface area contributed by atoms with Crippen molar-refractivity contribution in [3.8, 4) is 0 Å². The number of nitrogens with zero attached hydrogens (tertiary/aromatic N) is 2. The highest BCUT2D eigenvalue weighted by atomic mass is 14.8. The Balaban J connectivity index is 1.91. The predicted molar refractivity (Wildman–Crippen MR) is 118 cm³/mol. The molecule has 0 saturated carbocycles. The van der Waals surface area contributed by atoms with E-state index in [0.717, 1.165) is 44.8 Å². The van der Waals surface area contributed by atoms with Gasteiger partial charge in [0.1, 0.15) is 0 Å². The zero-order valence-electron chi connectivity index (χ0n) is 16.5. The summed E-state index contributed by atoms with van der Waals surface area (Å²) in [6.07, 6.45) is 4.26. The Morgan fingerprint density at radius 3 is 1.43 bits per heavy atom. The molecular formula is C24H22N4. The first-order chi connectivity index (χ1) is 13.4. The van der Waals surface area contributed by atoms with Gasteiger partial charge in [0.05, 0.1) is 22.8 Å². The van der Waals surface area contributed by atoms with Crippen LogP contribution in [-0.4, -0.2) is 19.9 Å². The number of hydrogen-bond donors (Lipinski definition) is 2. The second kappa shape index (κ2) is 6.06. The van der Waals surface area contributed by atoms with Gasteiger partial charge in [-0.3, -0.25) is 0 Å². The lowest BCUT2D eigenvalue weighted by atomic mass is 10.2. The minimum atomic E-state index is 0.965. The molecule has 0 radical (unpaired) electrons. The van der Waals surface area contributed by atoms with Crippen LogP contribution in [-0.2, 0) is 0 Å².